The zero-order chi connectivity index (χ0) is 11.4. The summed E-state index contributed by atoms with van der Waals surface area (Å²) in [6.45, 7) is 1.56. The molecule has 0 amide bonds. The molecule has 1 aromatic carbocycles. The molecule has 0 aromatic heterocycles. The van der Waals surface area contributed by atoms with Crippen LogP contribution in [-0.2, 0) is 4.74 Å². The minimum absolute atomic E-state index is 0.0274. The Morgan fingerprint density at radius 2 is 2.07 bits per heavy atom. The van der Waals surface area contributed by atoms with Gasteiger partial charge in [-0.15, -0.1) is 0 Å². The van der Waals surface area contributed by atoms with Gasteiger partial charge in [-0.3, -0.25) is 0 Å². The molecule has 0 saturated heterocycles. The van der Waals surface area contributed by atoms with Crippen LogP contribution in [-0.4, -0.2) is 12.6 Å². The summed E-state index contributed by atoms with van der Waals surface area (Å²) >= 11 is 0. The fourth-order valence-electron chi connectivity index (χ4n) is 1.06. The average Bonchev–Trinajstić information content (AvgIpc) is 2.21. The molecular weight excluding hydrogens is 204 g/mol. The fourth-order valence-corrected chi connectivity index (χ4v) is 1.06. The van der Waals surface area contributed by atoms with Gasteiger partial charge >= 0.3 is 5.97 Å². The van der Waals surface area contributed by atoms with E-state index in [1.807, 2.05) is 0 Å². The summed E-state index contributed by atoms with van der Waals surface area (Å²) in [7, 11) is 0. The molecule has 0 bridgehead atoms. The molecule has 3 nitrogen and oxygen atoms in total. The van der Waals surface area contributed by atoms with Gasteiger partial charge in [-0.1, -0.05) is 0 Å². The number of halogens is 2. The number of hydrogen-bond acceptors (Lipinski definition) is 3. The first-order valence-electron chi connectivity index (χ1n) is 4.17. The molecule has 0 N–H and O–H groups in total. The molecule has 1 aromatic rings. The predicted molar refractivity (Wildman–Crippen MR) is 47.0 cm³/mol. The predicted octanol–water partition coefficient (Wildman–Crippen LogP) is 2.01. The van der Waals surface area contributed by atoms with Gasteiger partial charge < -0.3 is 4.74 Å². The lowest BCUT2D eigenvalue weighted by molar-refractivity contribution is 0.0520. The van der Waals surface area contributed by atoms with Crippen molar-refractivity contribution in [1.29, 1.82) is 5.26 Å². The van der Waals surface area contributed by atoms with Gasteiger partial charge in [0, 0.05) is 0 Å². The second-order valence-corrected chi connectivity index (χ2v) is 2.61. The standard InChI is InChI=1S/C10H7F2NO2/c1-2-15-10(14)9-6(5-13)7(11)3-4-8(9)12/h3-4H,2H2,1H3. The SMILES string of the molecule is CCOC(=O)c1c(F)ccc(F)c1C#N. The smallest absolute Gasteiger partial charge is 0.342 e. The number of esters is 1. The molecule has 0 heterocycles. The van der Waals surface area contributed by atoms with E-state index in [1.165, 1.54) is 13.0 Å². The summed E-state index contributed by atoms with van der Waals surface area (Å²) in [4.78, 5) is 11.2. The molecular formula is C10H7F2NO2. The van der Waals surface area contributed by atoms with E-state index >= 15 is 0 Å². The van der Waals surface area contributed by atoms with E-state index in [0.717, 1.165) is 12.1 Å². The molecule has 0 aliphatic heterocycles. The molecule has 0 unspecified atom stereocenters. The Morgan fingerprint density at radius 1 is 1.47 bits per heavy atom. The van der Waals surface area contributed by atoms with Crippen molar-refractivity contribution in [3.8, 4) is 6.07 Å². The summed E-state index contributed by atoms with van der Waals surface area (Å²) in [5.41, 5.74) is -1.28. The highest BCUT2D eigenvalue weighted by molar-refractivity contribution is 5.92. The molecule has 5 heteroatoms. The van der Waals surface area contributed by atoms with Crippen LogP contribution in [0.2, 0.25) is 0 Å². The van der Waals surface area contributed by atoms with Gasteiger partial charge in [-0.25, -0.2) is 13.6 Å². The van der Waals surface area contributed by atoms with Crippen molar-refractivity contribution in [3.63, 3.8) is 0 Å². The molecule has 0 saturated carbocycles. The number of nitrogens with zero attached hydrogens (tertiary/aromatic N) is 1. The Balaban J connectivity index is 3.33. The van der Waals surface area contributed by atoms with Crippen molar-refractivity contribution in [1.82, 2.24) is 0 Å². The summed E-state index contributed by atoms with van der Waals surface area (Å²) in [6.07, 6.45) is 0. The molecule has 0 aliphatic rings. The van der Waals surface area contributed by atoms with E-state index < -0.39 is 28.7 Å². The Morgan fingerprint density at radius 3 is 2.60 bits per heavy atom. The van der Waals surface area contributed by atoms with E-state index in [1.54, 1.807) is 0 Å². The van der Waals surface area contributed by atoms with Crippen LogP contribution in [0, 0.1) is 23.0 Å². The van der Waals surface area contributed by atoms with Crippen molar-refractivity contribution in [2.24, 2.45) is 0 Å². The minimum atomic E-state index is -1.04. The average molecular weight is 211 g/mol. The van der Waals surface area contributed by atoms with Crippen LogP contribution >= 0.6 is 0 Å². The van der Waals surface area contributed by atoms with Gasteiger partial charge in [0.15, 0.2) is 0 Å². The van der Waals surface area contributed by atoms with Gasteiger partial charge in [0.05, 0.1) is 6.61 Å². The fraction of sp³-hybridized carbons (Fsp3) is 0.200. The molecule has 1 rings (SSSR count). The Bertz CT molecular complexity index is 438. The molecule has 0 spiro atoms. The number of ether oxygens (including phenoxy) is 1. The highest BCUT2D eigenvalue weighted by atomic mass is 19.1. The van der Waals surface area contributed by atoms with Gasteiger partial charge in [0.25, 0.3) is 0 Å². The van der Waals surface area contributed by atoms with Crippen LogP contribution in [0.5, 0.6) is 0 Å². The normalized spacial score (nSPS) is 9.47. The van der Waals surface area contributed by atoms with Crippen LogP contribution in [0.4, 0.5) is 8.78 Å². The number of hydrogen-bond donors (Lipinski definition) is 0. The first-order valence-corrected chi connectivity index (χ1v) is 4.17. The van der Waals surface area contributed by atoms with E-state index in [4.69, 9.17) is 5.26 Å². The Hall–Kier alpha value is -1.96. The van der Waals surface area contributed by atoms with Gasteiger partial charge in [0.2, 0.25) is 0 Å². The molecule has 0 fully saturated rings. The molecule has 0 radical (unpaired) electrons. The molecule has 0 aliphatic carbocycles. The molecule has 0 atom stereocenters. The topological polar surface area (TPSA) is 50.1 Å². The third-order valence-corrected chi connectivity index (χ3v) is 1.70. The van der Waals surface area contributed by atoms with E-state index in [9.17, 15) is 13.6 Å². The van der Waals surface area contributed by atoms with Crippen LogP contribution in [0.1, 0.15) is 22.8 Å². The number of nitriles is 1. The molecule has 15 heavy (non-hydrogen) atoms. The summed E-state index contributed by atoms with van der Waals surface area (Å²) in [5, 5.41) is 8.58. The lowest BCUT2D eigenvalue weighted by Gasteiger charge is -2.05. The highest BCUT2D eigenvalue weighted by Crippen LogP contribution is 2.17. The summed E-state index contributed by atoms with van der Waals surface area (Å²) in [5.74, 6) is -2.94. The van der Waals surface area contributed by atoms with Crippen molar-refractivity contribution in [2.45, 2.75) is 6.92 Å². The van der Waals surface area contributed by atoms with Crippen LogP contribution in [0.15, 0.2) is 12.1 Å². The monoisotopic (exact) mass is 211 g/mol. The third kappa shape index (κ3) is 2.10. The first kappa shape index (κ1) is 11.1. The maximum Gasteiger partial charge on any atom is 0.342 e. The third-order valence-electron chi connectivity index (χ3n) is 1.70. The number of benzene rings is 1. The lowest BCUT2D eigenvalue weighted by atomic mass is 10.1. The Labute approximate surface area is 84.9 Å². The van der Waals surface area contributed by atoms with Gasteiger partial charge in [-0.05, 0) is 19.1 Å². The van der Waals surface area contributed by atoms with E-state index in [2.05, 4.69) is 4.74 Å². The van der Waals surface area contributed by atoms with Crippen molar-refractivity contribution in [2.75, 3.05) is 6.61 Å². The van der Waals surface area contributed by atoms with Crippen molar-refractivity contribution >= 4 is 5.97 Å². The maximum absolute atomic E-state index is 13.2. The molecule has 78 valence electrons. The maximum atomic E-state index is 13.2. The van der Waals surface area contributed by atoms with Crippen molar-refractivity contribution < 1.29 is 18.3 Å². The number of rotatable bonds is 2. The number of carbonyl (C=O) groups is 1. The van der Waals surface area contributed by atoms with Crippen LogP contribution in [0.25, 0.3) is 0 Å². The minimum Gasteiger partial charge on any atom is -0.462 e. The van der Waals surface area contributed by atoms with Crippen LogP contribution < -0.4 is 0 Å². The zero-order valence-corrected chi connectivity index (χ0v) is 7.88. The quantitative estimate of drug-likeness (QED) is 0.703. The second kappa shape index (κ2) is 4.51. The van der Waals surface area contributed by atoms with E-state index in [0.29, 0.717) is 0 Å². The second-order valence-electron chi connectivity index (χ2n) is 2.61. The van der Waals surface area contributed by atoms with Gasteiger partial charge in [-0.2, -0.15) is 5.26 Å². The highest BCUT2D eigenvalue weighted by Gasteiger charge is 2.21. The van der Waals surface area contributed by atoms with Crippen LogP contribution in [0.3, 0.4) is 0 Å². The summed E-state index contributed by atoms with van der Waals surface area (Å²) < 4.78 is 30.7. The summed E-state index contributed by atoms with van der Waals surface area (Å²) in [6, 6.07) is 3.00. The Kier molecular flexibility index (Phi) is 3.34. The van der Waals surface area contributed by atoms with Crippen molar-refractivity contribution in [3.05, 3.63) is 34.9 Å². The largest absolute Gasteiger partial charge is 0.462 e. The lowest BCUT2D eigenvalue weighted by Crippen LogP contribution is -2.11. The van der Waals surface area contributed by atoms with E-state index in [-0.39, 0.29) is 6.61 Å². The first-order chi connectivity index (χ1) is 7.11. The van der Waals surface area contributed by atoms with Gasteiger partial charge in [0.1, 0.15) is 28.8 Å². The number of carbonyl (C=O) groups excluding carboxylic acids is 1. The zero-order valence-electron chi connectivity index (χ0n) is 7.88.